The van der Waals surface area contributed by atoms with E-state index in [1.54, 1.807) is 0 Å². The van der Waals surface area contributed by atoms with Crippen molar-refractivity contribution in [3.8, 4) is 0 Å². The van der Waals surface area contributed by atoms with E-state index >= 15 is 0 Å². The Labute approximate surface area is 111 Å². The Balaban J connectivity index is 1.99. The Hall–Kier alpha value is -1.79. The Morgan fingerprint density at radius 1 is 1.53 bits per heavy atom. The summed E-state index contributed by atoms with van der Waals surface area (Å²) in [7, 11) is 0. The van der Waals surface area contributed by atoms with Gasteiger partial charge in [0.1, 0.15) is 6.04 Å². The lowest BCUT2D eigenvalue weighted by atomic mass is 10.1. The fourth-order valence-electron chi connectivity index (χ4n) is 2.32. The van der Waals surface area contributed by atoms with E-state index in [4.69, 9.17) is 5.11 Å². The number of amides is 3. The summed E-state index contributed by atoms with van der Waals surface area (Å²) in [6.45, 7) is 2.64. The van der Waals surface area contributed by atoms with Crippen LogP contribution in [0.5, 0.6) is 0 Å². The maximum Gasteiger partial charge on any atom is 0.318 e. The van der Waals surface area contributed by atoms with Crippen LogP contribution in [-0.2, 0) is 9.59 Å². The van der Waals surface area contributed by atoms with E-state index in [-0.39, 0.29) is 18.5 Å². The highest BCUT2D eigenvalue weighted by Crippen LogP contribution is 2.32. The number of hydrogen-bond donors (Lipinski definition) is 3. The highest BCUT2D eigenvalue weighted by Gasteiger charge is 2.36. The van der Waals surface area contributed by atoms with Gasteiger partial charge in [-0.15, -0.1) is 0 Å². The van der Waals surface area contributed by atoms with Crippen molar-refractivity contribution >= 4 is 17.9 Å². The van der Waals surface area contributed by atoms with Gasteiger partial charge in [0.2, 0.25) is 5.91 Å². The van der Waals surface area contributed by atoms with Gasteiger partial charge in [0.05, 0.1) is 6.42 Å². The number of rotatable bonds is 4. The van der Waals surface area contributed by atoms with Gasteiger partial charge >= 0.3 is 12.0 Å². The normalized spacial score (nSPS) is 24.6. The standard InChI is InChI=1S/C12H19N3O4/c1-7(8-2-3-8)14-12(19)15-5-4-13-11(18)9(15)6-10(16)17/h7-9H,2-6H2,1H3,(H,13,18)(H,14,19)(H,16,17). The second kappa shape index (κ2) is 5.46. The number of hydrogen-bond acceptors (Lipinski definition) is 3. The molecule has 2 aliphatic rings. The molecule has 2 unspecified atom stereocenters. The minimum absolute atomic E-state index is 0.0722. The third-order valence-corrected chi connectivity index (χ3v) is 3.64. The average Bonchev–Trinajstić information content (AvgIpc) is 3.14. The molecule has 19 heavy (non-hydrogen) atoms. The third-order valence-electron chi connectivity index (χ3n) is 3.64. The monoisotopic (exact) mass is 269 g/mol. The molecule has 2 rings (SSSR count). The summed E-state index contributed by atoms with van der Waals surface area (Å²) < 4.78 is 0. The van der Waals surface area contributed by atoms with Crippen molar-refractivity contribution in [2.24, 2.45) is 5.92 Å². The Bertz CT molecular complexity index is 394. The van der Waals surface area contributed by atoms with Crippen LogP contribution in [0.25, 0.3) is 0 Å². The number of nitrogens with zero attached hydrogens (tertiary/aromatic N) is 1. The fraction of sp³-hybridized carbons (Fsp3) is 0.750. The minimum Gasteiger partial charge on any atom is -0.481 e. The number of carbonyl (C=O) groups is 3. The van der Waals surface area contributed by atoms with E-state index in [1.165, 1.54) is 4.90 Å². The SMILES string of the molecule is CC(NC(=O)N1CCNC(=O)C1CC(=O)O)C1CC1. The second-order valence-corrected chi connectivity index (χ2v) is 5.17. The Morgan fingerprint density at radius 2 is 2.21 bits per heavy atom. The zero-order chi connectivity index (χ0) is 14.0. The van der Waals surface area contributed by atoms with Crippen molar-refractivity contribution < 1.29 is 19.5 Å². The molecule has 0 aromatic carbocycles. The van der Waals surface area contributed by atoms with Gasteiger partial charge in [0, 0.05) is 19.1 Å². The molecule has 7 nitrogen and oxygen atoms in total. The summed E-state index contributed by atoms with van der Waals surface area (Å²) in [5.74, 6) is -0.974. The van der Waals surface area contributed by atoms with Gasteiger partial charge in [-0.25, -0.2) is 4.79 Å². The highest BCUT2D eigenvalue weighted by molar-refractivity contribution is 5.91. The van der Waals surface area contributed by atoms with Crippen LogP contribution < -0.4 is 10.6 Å². The predicted octanol–water partition coefficient (Wildman–Crippen LogP) is -0.230. The molecule has 7 heteroatoms. The molecule has 0 aromatic heterocycles. The molecule has 1 saturated carbocycles. The summed E-state index contributed by atoms with van der Waals surface area (Å²) in [6, 6.07) is -1.19. The quantitative estimate of drug-likeness (QED) is 0.656. The lowest BCUT2D eigenvalue weighted by Crippen LogP contribution is -2.60. The topological polar surface area (TPSA) is 98.7 Å². The molecule has 1 aliphatic heterocycles. The van der Waals surface area contributed by atoms with E-state index in [9.17, 15) is 14.4 Å². The van der Waals surface area contributed by atoms with Crippen molar-refractivity contribution in [2.45, 2.75) is 38.3 Å². The number of aliphatic carboxylic acids is 1. The van der Waals surface area contributed by atoms with Crippen LogP contribution >= 0.6 is 0 Å². The summed E-state index contributed by atoms with van der Waals surface area (Å²) in [5.41, 5.74) is 0. The maximum absolute atomic E-state index is 12.1. The molecule has 1 saturated heterocycles. The third kappa shape index (κ3) is 3.36. The number of piperazine rings is 1. The number of carbonyl (C=O) groups excluding carboxylic acids is 2. The van der Waals surface area contributed by atoms with Gasteiger partial charge in [-0.3, -0.25) is 9.59 Å². The van der Waals surface area contributed by atoms with E-state index in [0.29, 0.717) is 19.0 Å². The first kappa shape index (κ1) is 13.6. The Morgan fingerprint density at radius 3 is 2.79 bits per heavy atom. The molecule has 1 heterocycles. The summed E-state index contributed by atoms with van der Waals surface area (Å²) in [4.78, 5) is 35.9. The lowest BCUT2D eigenvalue weighted by Gasteiger charge is -2.35. The van der Waals surface area contributed by atoms with Crippen LogP contribution in [0.1, 0.15) is 26.2 Å². The van der Waals surface area contributed by atoms with Gasteiger partial charge < -0.3 is 20.6 Å². The summed E-state index contributed by atoms with van der Waals surface area (Å²) >= 11 is 0. The number of urea groups is 1. The highest BCUT2D eigenvalue weighted by atomic mass is 16.4. The molecule has 0 spiro atoms. The number of nitrogens with one attached hydrogen (secondary N) is 2. The predicted molar refractivity (Wildman–Crippen MR) is 66.5 cm³/mol. The van der Waals surface area contributed by atoms with Crippen LogP contribution in [0.3, 0.4) is 0 Å². The Kier molecular flexibility index (Phi) is 3.92. The van der Waals surface area contributed by atoms with E-state index in [0.717, 1.165) is 12.8 Å². The number of carboxylic acids is 1. The fourth-order valence-corrected chi connectivity index (χ4v) is 2.32. The molecule has 2 atom stereocenters. The minimum atomic E-state index is -1.09. The van der Waals surface area contributed by atoms with Crippen molar-refractivity contribution in [3.63, 3.8) is 0 Å². The molecular formula is C12H19N3O4. The first-order valence-corrected chi connectivity index (χ1v) is 6.55. The second-order valence-electron chi connectivity index (χ2n) is 5.17. The molecule has 0 aromatic rings. The molecule has 2 fully saturated rings. The molecule has 0 bridgehead atoms. The van der Waals surface area contributed by atoms with Crippen LogP contribution in [-0.4, -0.2) is 53.1 Å². The van der Waals surface area contributed by atoms with Crippen LogP contribution in [0, 0.1) is 5.92 Å². The molecule has 3 amide bonds. The zero-order valence-corrected chi connectivity index (χ0v) is 10.9. The van der Waals surface area contributed by atoms with Gasteiger partial charge in [-0.05, 0) is 25.7 Å². The van der Waals surface area contributed by atoms with Crippen LogP contribution in [0.2, 0.25) is 0 Å². The van der Waals surface area contributed by atoms with E-state index < -0.39 is 17.9 Å². The van der Waals surface area contributed by atoms with Crippen molar-refractivity contribution in [2.75, 3.05) is 13.1 Å². The first-order valence-electron chi connectivity index (χ1n) is 6.55. The average molecular weight is 269 g/mol. The molecular weight excluding hydrogens is 250 g/mol. The van der Waals surface area contributed by atoms with Crippen molar-refractivity contribution in [1.82, 2.24) is 15.5 Å². The van der Waals surface area contributed by atoms with Crippen LogP contribution in [0.4, 0.5) is 4.79 Å². The van der Waals surface area contributed by atoms with Crippen molar-refractivity contribution in [1.29, 1.82) is 0 Å². The smallest absolute Gasteiger partial charge is 0.318 e. The van der Waals surface area contributed by atoms with Gasteiger partial charge in [-0.1, -0.05) is 0 Å². The zero-order valence-electron chi connectivity index (χ0n) is 10.9. The van der Waals surface area contributed by atoms with Crippen LogP contribution in [0.15, 0.2) is 0 Å². The molecule has 106 valence electrons. The molecule has 3 N–H and O–H groups in total. The van der Waals surface area contributed by atoms with Crippen molar-refractivity contribution in [3.05, 3.63) is 0 Å². The molecule has 0 radical (unpaired) electrons. The number of carboxylic acid groups (broad SMARTS) is 1. The summed E-state index contributed by atoms with van der Waals surface area (Å²) in [5, 5.41) is 14.3. The first-order chi connectivity index (χ1) is 8.99. The lowest BCUT2D eigenvalue weighted by molar-refractivity contribution is -0.142. The van der Waals surface area contributed by atoms with Gasteiger partial charge in [0.15, 0.2) is 0 Å². The van der Waals surface area contributed by atoms with E-state index in [1.807, 2.05) is 6.92 Å². The van der Waals surface area contributed by atoms with Gasteiger partial charge in [0.25, 0.3) is 0 Å². The maximum atomic E-state index is 12.1. The molecule has 1 aliphatic carbocycles. The van der Waals surface area contributed by atoms with E-state index in [2.05, 4.69) is 10.6 Å². The largest absolute Gasteiger partial charge is 0.481 e. The van der Waals surface area contributed by atoms with Gasteiger partial charge in [-0.2, -0.15) is 0 Å². The summed E-state index contributed by atoms with van der Waals surface area (Å²) in [6.07, 6.45) is 1.86.